The zero-order valence-electron chi connectivity index (χ0n) is 12.7. The summed E-state index contributed by atoms with van der Waals surface area (Å²) in [5.74, 6) is -0.535. The van der Waals surface area contributed by atoms with E-state index in [1.54, 1.807) is 18.2 Å². The quantitative estimate of drug-likeness (QED) is 0.883. The van der Waals surface area contributed by atoms with Crippen molar-refractivity contribution < 1.29 is 14.1 Å². The first-order valence-electron chi connectivity index (χ1n) is 7.65. The SMILES string of the molecule is Cn1cccc1[C@@H]1CCC[NH+]1CC(=O)Nc1ccccc1F. The Morgan fingerprint density at radius 1 is 1.36 bits per heavy atom. The van der Waals surface area contributed by atoms with E-state index in [2.05, 4.69) is 16.0 Å². The standard InChI is InChI=1S/C17H20FN3O/c1-20-10-4-8-15(20)16-9-5-11-21(16)12-17(22)19-14-7-3-2-6-13(14)18/h2-4,6-8,10,16H,5,9,11-12H2,1H3,(H,19,22)/p+1/t16-/m0/s1. The van der Waals surface area contributed by atoms with Crippen LogP contribution in [0, 0.1) is 5.82 Å². The third-order valence-electron chi connectivity index (χ3n) is 4.36. The average Bonchev–Trinajstić information content (AvgIpc) is 3.10. The zero-order chi connectivity index (χ0) is 15.5. The van der Waals surface area contributed by atoms with Crippen molar-refractivity contribution in [2.24, 2.45) is 7.05 Å². The van der Waals surface area contributed by atoms with Gasteiger partial charge in [0.15, 0.2) is 6.54 Å². The van der Waals surface area contributed by atoms with Gasteiger partial charge in [-0.25, -0.2) is 4.39 Å². The highest BCUT2D eigenvalue weighted by atomic mass is 19.1. The van der Waals surface area contributed by atoms with Crippen molar-refractivity contribution in [2.75, 3.05) is 18.4 Å². The third-order valence-corrected chi connectivity index (χ3v) is 4.36. The average molecular weight is 302 g/mol. The Morgan fingerprint density at radius 2 is 2.18 bits per heavy atom. The number of hydrogen-bond donors (Lipinski definition) is 2. The molecule has 4 nitrogen and oxygen atoms in total. The van der Waals surface area contributed by atoms with Crippen LogP contribution in [0.4, 0.5) is 10.1 Å². The predicted octanol–water partition coefficient (Wildman–Crippen LogP) is 1.52. The monoisotopic (exact) mass is 302 g/mol. The van der Waals surface area contributed by atoms with Crippen molar-refractivity contribution in [3.63, 3.8) is 0 Å². The summed E-state index contributed by atoms with van der Waals surface area (Å²) in [5, 5.41) is 2.68. The number of para-hydroxylation sites is 1. The van der Waals surface area contributed by atoms with Crippen LogP contribution in [0.3, 0.4) is 0 Å². The highest BCUT2D eigenvalue weighted by Gasteiger charge is 2.33. The smallest absolute Gasteiger partial charge is 0.279 e. The number of halogens is 1. The minimum Gasteiger partial charge on any atom is -0.350 e. The Balaban J connectivity index is 1.66. The van der Waals surface area contributed by atoms with Gasteiger partial charge in [0.1, 0.15) is 11.9 Å². The van der Waals surface area contributed by atoms with E-state index in [1.165, 1.54) is 16.7 Å². The molecule has 2 N–H and O–H groups in total. The Labute approximate surface area is 129 Å². The van der Waals surface area contributed by atoms with Gasteiger partial charge < -0.3 is 14.8 Å². The minimum absolute atomic E-state index is 0.138. The number of likely N-dealkylation sites (tertiary alicyclic amines) is 1. The number of rotatable bonds is 4. The van der Waals surface area contributed by atoms with Crippen molar-refractivity contribution in [1.29, 1.82) is 0 Å². The van der Waals surface area contributed by atoms with Crippen molar-refractivity contribution in [2.45, 2.75) is 18.9 Å². The van der Waals surface area contributed by atoms with Crippen LogP contribution in [0.25, 0.3) is 0 Å². The molecule has 1 aromatic carbocycles. The number of hydrogen-bond acceptors (Lipinski definition) is 1. The second kappa shape index (κ2) is 6.32. The van der Waals surface area contributed by atoms with Gasteiger partial charge in [0.25, 0.3) is 5.91 Å². The molecule has 0 spiro atoms. The number of aromatic nitrogens is 1. The topological polar surface area (TPSA) is 38.5 Å². The first-order chi connectivity index (χ1) is 10.6. The molecule has 2 heterocycles. The summed E-state index contributed by atoms with van der Waals surface area (Å²) in [5.41, 5.74) is 1.51. The Bertz CT molecular complexity index is 667. The van der Waals surface area contributed by atoms with Crippen molar-refractivity contribution in [3.05, 3.63) is 54.1 Å². The first kappa shape index (κ1) is 14.8. The molecule has 2 aromatic rings. The number of carbonyl (C=O) groups excluding carboxylic acids is 1. The molecule has 1 amide bonds. The maximum atomic E-state index is 13.6. The molecule has 1 aliphatic heterocycles. The molecule has 1 fully saturated rings. The lowest BCUT2D eigenvalue weighted by atomic mass is 10.1. The zero-order valence-corrected chi connectivity index (χ0v) is 12.7. The summed E-state index contributed by atoms with van der Waals surface area (Å²) < 4.78 is 15.7. The van der Waals surface area contributed by atoms with Gasteiger partial charge in [-0.2, -0.15) is 0 Å². The molecule has 0 bridgehead atoms. The number of aryl methyl sites for hydroxylation is 1. The molecular weight excluding hydrogens is 281 g/mol. The van der Waals surface area contributed by atoms with Crippen LogP contribution < -0.4 is 10.2 Å². The van der Waals surface area contributed by atoms with Crippen LogP contribution >= 0.6 is 0 Å². The molecule has 3 rings (SSSR count). The maximum absolute atomic E-state index is 13.6. The van der Waals surface area contributed by atoms with E-state index in [0.717, 1.165) is 19.4 Å². The van der Waals surface area contributed by atoms with Gasteiger partial charge in [-0.1, -0.05) is 12.1 Å². The lowest BCUT2D eigenvalue weighted by Gasteiger charge is -2.21. The van der Waals surface area contributed by atoms with Gasteiger partial charge in [0.05, 0.1) is 17.9 Å². The Hall–Kier alpha value is -2.14. The second-order valence-corrected chi connectivity index (χ2v) is 5.85. The molecule has 1 unspecified atom stereocenters. The summed E-state index contributed by atoms with van der Waals surface area (Å²) in [6, 6.07) is 10.8. The molecule has 5 heteroatoms. The fourth-order valence-corrected chi connectivity index (χ4v) is 3.28. The second-order valence-electron chi connectivity index (χ2n) is 5.85. The first-order valence-corrected chi connectivity index (χ1v) is 7.65. The molecule has 116 valence electrons. The number of quaternary nitrogens is 1. The lowest BCUT2D eigenvalue weighted by molar-refractivity contribution is -0.910. The molecule has 0 saturated carbocycles. The molecule has 0 aliphatic carbocycles. The van der Waals surface area contributed by atoms with Gasteiger partial charge in [-0.15, -0.1) is 0 Å². The van der Waals surface area contributed by atoms with Crippen molar-refractivity contribution >= 4 is 11.6 Å². The Morgan fingerprint density at radius 3 is 2.91 bits per heavy atom. The van der Waals surface area contributed by atoms with Crippen LogP contribution in [0.5, 0.6) is 0 Å². The molecule has 1 aromatic heterocycles. The van der Waals surface area contributed by atoms with Crippen LogP contribution in [0.2, 0.25) is 0 Å². The molecule has 0 radical (unpaired) electrons. The molecule has 22 heavy (non-hydrogen) atoms. The summed E-state index contributed by atoms with van der Waals surface area (Å²) in [6.45, 7) is 1.34. The molecule has 2 atom stereocenters. The van der Waals surface area contributed by atoms with Gasteiger partial charge in [0.2, 0.25) is 0 Å². The van der Waals surface area contributed by atoms with Crippen LogP contribution in [-0.4, -0.2) is 23.6 Å². The van der Waals surface area contributed by atoms with Crippen molar-refractivity contribution in [1.82, 2.24) is 4.57 Å². The highest BCUT2D eigenvalue weighted by Crippen LogP contribution is 2.19. The van der Waals surface area contributed by atoms with E-state index in [4.69, 9.17) is 0 Å². The van der Waals surface area contributed by atoms with Crippen molar-refractivity contribution in [3.8, 4) is 0 Å². The van der Waals surface area contributed by atoms with E-state index in [-0.39, 0.29) is 11.6 Å². The molecular formula is C17H21FN3O+. The lowest BCUT2D eigenvalue weighted by Crippen LogP contribution is -3.11. The third kappa shape index (κ3) is 3.04. The van der Waals surface area contributed by atoms with E-state index in [9.17, 15) is 9.18 Å². The molecule has 1 saturated heterocycles. The van der Waals surface area contributed by atoms with Gasteiger partial charge in [-0.3, -0.25) is 4.79 Å². The number of benzene rings is 1. The fraction of sp³-hybridized carbons (Fsp3) is 0.353. The minimum atomic E-state index is -0.397. The summed E-state index contributed by atoms with van der Waals surface area (Å²) in [7, 11) is 2.03. The predicted molar refractivity (Wildman–Crippen MR) is 83.1 cm³/mol. The van der Waals surface area contributed by atoms with E-state index in [1.807, 2.05) is 19.3 Å². The summed E-state index contributed by atoms with van der Waals surface area (Å²) in [4.78, 5) is 13.5. The summed E-state index contributed by atoms with van der Waals surface area (Å²) >= 11 is 0. The van der Waals surface area contributed by atoms with Gasteiger partial charge >= 0.3 is 0 Å². The number of amides is 1. The number of nitrogens with one attached hydrogen (secondary N) is 2. The normalized spacial score (nSPS) is 21.0. The number of carbonyl (C=O) groups is 1. The fourth-order valence-electron chi connectivity index (χ4n) is 3.28. The van der Waals surface area contributed by atoms with Crippen LogP contribution in [-0.2, 0) is 11.8 Å². The summed E-state index contributed by atoms with van der Waals surface area (Å²) in [6.07, 6.45) is 4.23. The molecule has 1 aliphatic rings. The Kier molecular flexibility index (Phi) is 4.24. The number of nitrogens with zero attached hydrogens (tertiary/aromatic N) is 1. The van der Waals surface area contributed by atoms with E-state index in [0.29, 0.717) is 12.6 Å². The number of anilines is 1. The highest BCUT2D eigenvalue weighted by molar-refractivity contribution is 5.91. The van der Waals surface area contributed by atoms with E-state index >= 15 is 0 Å². The maximum Gasteiger partial charge on any atom is 0.279 e. The van der Waals surface area contributed by atoms with Crippen LogP contribution in [0.1, 0.15) is 24.6 Å². The largest absolute Gasteiger partial charge is 0.350 e. The van der Waals surface area contributed by atoms with E-state index < -0.39 is 5.82 Å². The van der Waals surface area contributed by atoms with Crippen LogP contribution in [0.15, 0.2) is 42.6 Å². The van der Waals surface area contributed by atoms with Gasteiger partial charge in [0, 0.05) is 26.1 Å². The van der Waals surface area contributed by atoms with Gasteiger partial charge in [-0.05, 0) is 24.3 Å².